The Morgan fingerprint density at radius 2 is 1.78 bits per heavy atom. The minimum atomic E-state index is 0. The molecule has 0 aliphatic carbocycles. The first kappa shape index (κ1) is 24.7. The van der Waals surface area contributed by atoms with E-state index in [1.165, 1.54) is 4.90 Å². The van der Waals surface area contributed by atoms with Gasteiger partial charge in [-0.05, 0) is 38.5 Å². The number of nitrogens with one attached hydrogen (secondary N) is 3. The average molecular weight is 385 g/mol. The van der Waals surface area contributed by atoms with Crippen LogP contribution in [0, 0.1) is 6.92 Å². The third-order valence-corrected chi connectivity index (χ3v) is 4.32. The first-order chi connectivity index (χ1) is 9.97. The van der Waals surface area contributed by atoms with Gasteiger partial charge in [0.25, 0.3) is 5.91 Å². The third-order valence-electron chi connectivity index (χ3n) is 3.91. The van der Waals surface area contributed by atoms with Gasteiger partial charge in [0, 0.05) is 10.7 Å². The Kier molecular flexibility index (Phi) is 13.8. The lowest BCUT2D eigenvalue weighted by Gasteiger charge is -2.19. The average Bonchev–Trinajstić information content (AvgIpc) is 2.45. The Hall–Kier alpha value is -0.520. The molecule has 1 aromatic carbocycles. The third kappa shape index (κ3) is 8.77. The second-order valence-electron chi connectivity index (χ2n) is 5.55. The highest BCUT2D eigenvalue weighted by Crippen LogP contribution is 2.22. The molecular weight excluding hydrogens is 357 g/mol. The molecule has 1 unspecified atom stereocenters. The minimum Gasteiger partial charge on any atom is -1.00 e. The molecule has 0 aliphatic heterocycles. The number of carbonyl (C=O) groups excluding carboxylic acids is 1. The summed E-state index contributed by atoms with van der Waals surface area (Å²) in [5.41, 5.74) is 1.72. The highest BCUT2D eigenvalue weighted by molar-refractivity contribution is 6.31. The number of quaternary nitrogens is 2. The number of benzene rings is 1. The van der Waals surface area contributed by atoms with Crippen molar-refractivity contribution in [3.63, 3.8) is 0 Å². The molecule has 0 heterocycles. The number of amides is 1. The second kappa shape index (κ2) is 12.8. The maximum atomic E-state index is 12.1. The molecule has 134 valence electrons. The van der Waals surface area contributed by atoms with Gasteiger partial charge in [-0.3, -0.25) is 4.79 Å². The van der Waals surface area contributed by atoms with Crippen molar-refractivity contribution in [1.29, 1.82) is 0 Å². The summed E-state index contributed by atoms with van der Waals surface area (Å²) in [6.45, 7) is 11.2. The predicted octanol–water partition coefficient (Wildman–Crippen LogP) is -5.97. The van der Waals surface area contributed by atoms with E-state index >= 15 is 0 Å². The predicted molar refractivity (Wildman–Crippen MR) is 88.4 cm³/mol. The molecule has 0 saturated carbocycles. The van der Waals surface area contributed by atoms with Crippen molar-refractivity contribution in [1.82, 2.24) is 0 Å². The van der Waals surface area contributed by atoms with Crippen LogP contribution in [-0.2, 0) is 4.79 Å². The van der Waals surface area contributed by atoms with Crippen molar-refractivity contribution in [2.45, 2.75) is 20.8 Å². The van der Waals surface area contributed by atoms with Gasteiger partial charge in [0.05, 0.1) is 20.1 Å². The number of rotatable bonds is 8. The maximum absolute atomic E-state index is 12.1. The molecule has 0 aromatic heterocycles. The molecule has 0 saturated heterocycles. The van der Waals surface area contributed by atoms with Crippen LogP contribution >= 0.6 is 11.6 Å². The fraction of sp³-hybridized carbons (Fsp3) is 0.562. The lowest BCUT2D eigenvalue weighted by Crippen LogP contribution is -3.19. The second-order valence-corrected chi connectivity index (χ2v) is 5.96. The fourth-order valence-corrected chi connectivity index (χ4v) is 2.47. The molecule has 0 radical (unpaired) electrons. The van der Waals surface area contributed by atoms with Crippen molar-refractivity contribution < 1.29 is 39.4 Å². The molecule has 1 aromatic rings. The summed E-state index contributed by atoms with van der Waals surface area (Å²) in [5.74, 6) is 0.0346. The summed E-state index contributed by atoms with van der Waals surface area (Å²) < 4.78 is 0. The largest absolute Gasteiger partial charge is 1.00 e. The molecule has 0 fully saturated rings. The molecule has 1 atom stereocenters. The van der Waals surface area contributed by atoms with E-state index in [-0.39, 0.29) is 30.7 Å². The van der Waals surface area contributed by atoms with Gasteiger partial charge in [0.1, 0.15) is 13.1 Å². The van der Waals surface area contributed by atoms with E-state index in [9.17, 15) is 4.79 Å². The highest BCUT2D eigenvalue weighted by atomic mass is 35.5. The number of hydrogen-bond donors (Lipinski definition) is 3. The van der Waals surface area contributed by atoms with Gasteiger partial charge in [-0.15, -0.1) is 0 Å². The van der Waals surface area contributed by atoms with Crippen molar-refractivity contribution in [2.75, 3.05) is 45.1 Å². The first-order valence-electron chi connectivity index (χ1n) is 7.67. The van der Waals surface area contributed by atoms with Crippen LogP contribution in [0.4, 0.5) is 5.69 Å². The fourth-order valence-electron chi connectivity index (χ4n) is 2.29. The van der Waals surface area contributed by atoms with Crippen LogP contribution in [0.2, 0.25) is 5.02 Å². The molecule has 0 spiro atoms. The van der Waals surface area contributed by atoms with Crippen LogP contribution in [0.3, 0.4) is 0 Å². The van der Waals surface area contributed by atoms with Crippen molar-refractivity contribution in [3.05, 3.63) is 28.8 Å². The zero-order valence-corrected chi connectivity index (χ0v) is 16.6. The minimum absolute atomic E-state index is 0. The molecule has 0 bridgehead atoms. The van der Waals surface area contributed by atoms with E-state index < -0.39 is 0 Å². The number of anilines is 1. The Balaban J connectivity index is 0. The van der Waals surface area contributed by atoms with E-state index in [4.69, 9.17) is 11.6 Å². The number of carbonyl (C=O) groups is 1. The summed E-state index contributed by atoms with van der Waals surface area (Å²) in [6.07, 6.45) is 0. The van der Waals surface area contributed by atoms with Gasteiger partial charge in [-0.1, -0.05) is 17.7 Å². The van der Waals surface area contributed by atoms with Gasteiger partial charge in [-0.25, -0.2) is 0 Å². The summed E-state index contributed by atoms with van der Waals surface area (Å²) in [5, 5.41) is 3.63. The number of likely N-dealkylation sites (N-methyl/N-ethyl adjacent to an activating group) is 2. The summed E-state index contributed by atoms with van der Waals surface area (Å²) in [4.78, 5) is 14.9. The Labute approximate surface area is 157 Å². The lowest BCUT2D eigenvalue weighted by molar-refractivity contribution is -0.943. The van der Waals surface area contributed by atoms with E-state index in [2.05, 4.69) is 26.2 Å². The SMILES string of the molecule is CC[NH+](CC)CC[NH+](C)CC(=O)Nc1cccc(Cl)c1C.[Cl-].[Cl-]. The van der Waals surface area contributed by atoms with Crippen LogP contribution in [0.15, 0.2) is 18.2 Å². The van der Waals surface area contributed by atoms with Gasteiger partial charge in [-0.2, -0.15) is 0 Å². The van der Waals surface area contributed by atoms with Crippen molar-refractivity contribution in [2.24, 2.45) is 0 Å². The first-order valence-corrected chi connectivity index (χ1v) is 8.05. The summed E-state index contributed by atoms with van der Waals surface area (Å²) >= 11 is 6.06. The normalized spacial score (nSPS) is 11.4. The van der Waals surface area contributed by atoms with Gasteiger partial charge >= 0.3 is 0 Å². The highest BCUT2D eigenvalue weighted by Gasteiger charge is 2.14. The van der Waals surface area contributed by atoms with Crippen LogP contribution in [0.1, 0.15) is 19.4 Å². The molecule has 3 N–H and O–H groups in total. The zero-order chi connectivity index (χ0) is 15.8. The van der Waals surface area contributed by atoms with E-state index in [1.54, 1.807) is 4.90 Å². The van der Waals surface area contributed by atoms with Crippen molar-refractivity contribution in [3.8, 4) is 0 Å². The van der Waals surface area contributed by atoms with Gasteiger partial charge in [0.2, 0.25) is 0 Å². The quantitative estimate of drug-likeness (QED) is 0.410. The van der Waals surface area contributed by atoms with E-state index in [0.29, 0.717) is 11.6 Å². The van der Waals surface area contributed by atoms with E-state index in [0.717, 1.165) is 37.4 Å². The summed E-state index contributed by atoms with van der Waals surface area (Å²) in [6, 6.07) is 5.57. The van der Waals surface area contributed by atoms with E-state index in [1.807, 2.05) is 25.1 Å². The maximum Gasteiger partial charge on any atom is 0.279 e. The molecule has 1 rings (SSSR count). The smallest absolute Gasteiger partial charge is 0.279 e. The van der Waals surface area contributed by atoms with Gasteiger partial charge < -0.3 is 39.9 Å². The van der Waals surface area contributed by atoms with Crippen molar-refractivity contribution >= 4 is 23.2 Å². The lowest BCUT2D eigenvalue weighted by atomic mass is 10.2. The standard InChI is InChI=1S/C16H26ClN3O.2ClH/c1-5-20(6-2)11-10-19(4)12-16(21)18-15-9-7-8-14(17)13(15)3;;/h7-9H,5-6,10-12H2,1-4H3,(H,18,21);2*1H. The van der Waals surface area contributed by atoms with Crippen LogP contribution in [-0.4, -0.2) is 45.7 Å². The zero-order valence-electron chi connectivity index (χ0n) is 14.3. The van der Waals surface area contributed by atoms with Crippen LogP contribution < -0.4 is 39.9 Å². The summed E-state index contributed by atoms with van der Waals surface area (Å²) in [7, 11) is 2.06. The monoisotopic (exact) mass is 383 g/mol. The topological polar surface area (TPSA) is 38.0 Å². The molecule has 1 amide bonds. The Bertz CT molecular complexity index is 468. The van der Waals surface area contributed by atoms with Crippen LogP contribution in [0.25, 0.3) is 0 Å². The molecular formula is C16H28Cl3N3O. The molecule has 4 nitrogen and oxygen atoms in total. The number of hydrogen-bond acceptors (Lipinski definition) is 1. The van der Waals surface area contributed by atoms with Crippen LogP contribution in [0.5, 0.6) is 0 Å². The Morgan fingerprint density at radius 3 is 2.35 bits per heavy atom. The Morgan fingerprint density at radius 1 is 1.17 bits per heavy atom. The molecule has 0 aliphatic rings. The molecule has 23 heavy (non-hydrogen) atoms. The van der Waals surface area contributed by atoms with Gasteiger partial charge in [0.15, 0.2) is 6.54 Å². The molecule has 7 heteroatoms. The number of halogens is 3.